The zero-order valence-electron chi connectivity index (χ0n) is 11.5. The Bertz CT molecular complexity index is 561. The summed E-state index contributed by atoms with van der Waals surface area (Å²) >= 11 is 0. The molecule has 2 nitrogen and oxygen atoms in total. The van der Waals surface area contributed by atoms with E-state index in [9.17, 15) is 0 Å². The van der Waals surface area contributed by atoms with E-state index in [1.165, 1.54) is 0 Å². The summed E-state index contributed by atoms with van der Waals surface area (Å²) in [7, 11) is 2.04. The van der Waals surface area contributed by atoms with Crippen molar-refractivity contribution in [3.63, 3.8) is 0 Å². The highest BCUT2D eigenvalue weighted by atomic mass is 16.5. The molecule has 2 aromatic rings. The van der Waals surface area contributed by atoms with Gasteiger partial charge in [-0.15, -0.1) is 0 Å². The Hall–Kier alpha value is -2.09. The predicted molar refractivity (Wildman–Crippen MR) is 78.8 cm³/mol. The Morgan fingerprint density at radius 1 is 1.05 bits per heavy atom. The largest absolute Gasteiger partial charge is 0.493 e. The van der Waals surface area contributed by atoms with Crippen molar-refractivity contribution in [3.8, 4) is 5.75 Å². The first-order chi connectivity index (χ1) is 9.31. The van der Waals surface area contributed by atoms with Gasteiger partial charge in [-0.2, -0.15) is 0 Å². The molecule has 0 radical (unpaired) electrons. The van der Waals surface area contributed by atoms with E-state index in [4.69, 9.17) is 4.74 Å². The molecule has 1 aromatic carbocycles. The highest BCUT2D eigenvalue weighted by molar-refractivity contribution is 5.70. The lowest BCUT2D eigenvalue weighted by atomic mass is 10.1. The fourth-order valence-electron chi connectivity index (χ4n) is 1.85. The molecular formula is C17H20NO+. The lowest BCUT2D eigenvalue weighted by molar-refractivity contribution is -0.673. The molecule has 1 heterocycles. The van der Waals surface area contributed by atoms with E-state index in [1.54, 1.807) is 0 Å². The first-order valence-electron chi connectivity index (χ1n) is 6.66. The van der Waals surface area contributed by atoms with Crippen LogP contribution in [0.25, 0.3) is 12.2 Å². The van der Waals surface area contributed by atoms with E-state index >= 15 is 0 Å². The van der Waals surface area contributed by atoms with Crippen molar-refractivity contribution < 1.29 is 9.30 Å². The van der Waals surface area contributed by atoms with Crippen molar-refractivity contribution in [1.82, 2.24) is 0 Å². The molecule has 0 unspecified atom stereocenters. The normalized spacial score (nSPS) is 10.8. The van der Waals surface area contributed by atoms with Crippen LogP contribution in [-0.2, 0) is 7.05 Å². The molecule has 98 valence electrons. The standard InChI is InChI=1S/C17H20NO/c1-3-14-19-17-10-5-4-8-15(17)11-12-16-9-6-7-13-18(16)2/h4-13H,3,14H2,1-2H3/q+1/b12-11+. The third-order valence-corrected chi connectivity index (χ3v) is 2.91. The van der Waals surface area contributed by atoms with Gasteiger partial charge in [0.05, 0.1) is 6.61 Å². The maximum Gasteiger partial charge on any atom is 0.204 e. The third kappa shape index (κ3) is 3.68. The van der Waals surface area contributed by atoms with Crippen molar-refractivity contribution in [3.05, 3.63) is 59.9 Å². The Labute approximate surface area is 115 Å². The summed E-state index contributed by atoms with van der Waals surface area (Å²) in [5, 5.41) is 0. The van der Waals surface area contributed by atoms with Gasteiger partial charge < -0.3 is 4.74 Å². The molecule has 0 spiro atoms. The molecule has 2 rings (SSSR count). The molecule has 0 amide bonds. The number of rotatable bonds is 5. The van der Waals surface area contributed by atoms with E-state index in [0.717, 1.165) is 30.0 Å². The second kappa shape index (κ2) is 6.74. The third-order valence-electron chi connectivity index (χ3n) is 2.91. The van der Waals surface area contributed by atoms with Gasteiger partial charge in [-0.25, -0.2) is 4.57 Å². The molecule has 0 saturated carbocycles. The predicted octanol–water partition coefficient (Wildman–Crippen LogP) is 3.47. The van der Waals surface area contributed by atoms with Crippen LogP contribution in [0.5, 0.6) is 5.75 Å². The minimum atomic E-state index is 0.754. The summed E-state index contributed by atoms with van der Waals surface area (Å²) in [6, 6.07) is 14.3. The number of hydrogen-bond acceptors (Lipinski definition) is 1. The van der Waals surface area contributed by atoms with Gasteiger partial charge in [0.1, 0.15) is 12.8 Å². The van der Waals surface area contributed by atoms with Gasteiger partial charge >= 0.3 is 0 Å². The van der Waals surface area contributed by atoms with Crippen molar-refractivity contribution in [2.24, 2.45) is 7.05 Å². The Morgan fingerprint density at radius 2 is 1.84 bits per heavy atom. The first-order valence-corrected chi connectivity index (χ1v) is 6.66. The second-order valence-electron chi connectivity index (χ2n) is 4.46. The van der Waals surface area contributed by atoms with Gasteiger partial charge in [-0.1, -0.05) is 25.1 Å². The molecule has 0 saturated heterocycles. The van der Waals surface area contributed by atoms with E-state index in [0.29, 0.717) is 0 Å². The van der Waals surface area contributed by atoms with Crippen molar-refractivity contribution in [2.75, 3.05) is 6.61 Å². The van der Waals surface area contributed by atoms with Gasteiger partial charge in [0.2, 0.25) is 5.69 Å². The minimum Gasteiger partial charge on any atom is -0.493 e. The van der Waals surface area contributed by atoms with Crippen LogP contribution < -0.4 is 9.30 Å². The number of pyridine rings is 1. The van der Waals surface area contributed by atoms with Crippen LogP contribution in [0.15, 0.2) is 48.7 Å². The topological polar surface area (TPSA) is 13.1 Å². The number of hydrogen-bond donors (Lipinski definition) is 0. The number of nitrogens with zero attached hydrogens (tertiary/aromatic N) is 1. The van der Waals surface area contributed by atoms with Gasteiger partial charge in [0.15, 0.2) is 6.20 Å². The fourth-order valence-corrected chi connectivity index (χ4v) is 1.85. The molecule has 0 fully saturated rings. The second-order valence-corrected chi connectivity index (χ2v) is 4.46. The Morgan fingerprint density at radius 3 is 2.63 bits per heavy atom. The average molecular weight is 254 g/mol. The van der Waals surface area contributed by atoms with E-state index in [2.05, 4.69) is 35.8 Å². The van der Waals surface area contributed by atoms with Gasteiger partial charge in [0.25, 0.3) is 0 Å². The molecule has 0 bridgehead atoms. The van der Waals surface area contributed by atoms with Crippen LogP contribution in [0.1, 0.15) is 24.6 Å². The SMILES string of the molecule is CCCOc1ccccc1/C=C/c1cccc[n+]1C. The molecule has 0 N–H and O–H groups in total. The van der Waals surface area contributed by atoms with E-state index < -0.39 is 0 Å². The van der Waals surface area contributed by atoms with E-state index in [1.807, 2.05) is 43.6 Å². The fraction of sp³-hybridized carbons (Fsp3) is 0.235. The Kier molecular flexibility index (Phi) is 4.73. The van der Waals surface area contributed by atoms with Crippen LogP contribution in [0, 0.1) is 0 Å². The van der Waals surface area contributed by atoms with Gasteiger partial charge in [-0.05, 0) is 24.6 Å². The van der Waals surface area contributed by atoms with Crippen LogP contribution in [0.2, 0.25) is 0 Å². The molecule has 19 heavy (non-hydrogen) atoms. The molecule has 1 aromatic heterocycles. The van der Waals surface area contributed by atoms with E-state index in [-0.39, 0.29) is 0 Å². The summed E-state index contributed by atoms with van der Waals surface area (Å²) in [4.78, 5) is 0. The molecule has 0 aliphatic heterocycles. The van der Waals surface area contributed by atoms with Crippen LogP contribution >= 0.6 is 0 Å². The minimum absolute atomic E-state index is 0.754. The van der Waals surface area contributed by atoms with Crippen molar-refractivity contribution in [2.45, 2.75) is 13.3 Å². The maximum absolute atomic E-state index is 5.75. The summed E-state index contributed by atoms with van der Waals surface area (Å²) in [6.45, 7) is 2.87. The zero-order chi connectivity index (χ0) is 13.5. The average Bonchev–Trinajstić information content (AvgIpc) is 2.45. The van der Waals surface area contributed by atoms with Crippen LogP contribution in [0.3, 0.4) is 0 Å². The highest BCUT2D eigenvalue weighted by Gasteiger charge is 2.02. The highest BCUT2D eigenvalue weighted by Crippen LogP contribution is 2.20. The molecular weight excluding hydrogens is 234 g/mol. The Balaban J connectivity index is 2.21. The van der Waals surface area contributed by atoms with Crippen LogP contribution in [-0.4, -0.2) is 6.61 Å². The quantitative estimate of drug-likeness (QED) is 0.745. The molecule has 0 atom stereocenters. The maximum atomic E-state index is 5.75. The van der Waals surface area contributed by atoms with Crippen LogP contribution in [0.4, 0.5) is 0 Å². The van der Waals surface area contributed by atoms with Crippen molar-refractivity contribution in [1.29, 1.82) is 0 Å². The number of aryl methyl sites for hydroxylation is 1. The summed E-state index contributed by atoms with van der Waals surface area (Å²) in [5.41, 5.74) is 2.27. The number of para-hydroxylation sites is 1. The summed E-state index contributed by atoms with van der Waals surface area (Å²) in [5.74, 6) is 0.944. The number of benzene rings is 1. The monoisotopic (exact) mass is 254 g/mol. The lowest BCUT2D eigenvalue weighted by Gasteiger charge is -2.07. The number of aromatic nitrogens is 1. The molecule has 0 aliphatic carbocycles. The summed E-state index contributed by atoms with van der Waals surface area (Å²) < 4.78 is 7.84. The summed E-state index contributed by atoms with van der Waals surface area (Å²) in [6.07, 6.45) is 7.26. The van der Waals surface area contributed by atoms with Gasteiger partial charge in [0, 0.05) is 23.8 Å². The van der Waals surface area contributed by atoms with Gasteiger partial charge in [-0.3, -0.25) is 0 Å². The number of ether oxygens (including phenoxy) is 1. The first kappa shape index (κ1) is 13.3. The smallest absolute Gasteiger partial charge is 0.204 e. The lowest BCUT2D eigenvalue weighted by Crippen LogP contribution is -2.30. The molecule has 0 aliphatic rings. The molecule has 2 heteroatoms. The zero-order valence-corrected chi connectivity index (χ0v) is 11.5. The van der Waals surface area contributed by atoms with Crippen molar-refractivity contribution >= 4 is 12.2 Å².